The Morgan fingerprint density at radius 1 is 1.37 bits per heavy atom. The second kappa shape index (κ2) is 7.16. The maximum absolute atomic E-state index is 11.7. The molecule has 0 saturated heterocycles. The summed E-state index contributed by atoms with van der Waals surface area (Å²) in [5.41, 5.74) is 3.20. The fourth-order valence-corrected chi connectivity index (χ4v) is 1.99. The molecule has 5 nitrogen and oxygen atoms in total. The Balaban J connectivity index is 0.00000180. The minimum atomic E-state index is -0.0559. The quantitative estimate of drug-likeness (QED) is 0.851. The Morgan fingerprint density at radius 3 is 2.79 bits per heavy atom. The van der Waals surface area contributed by atoms with Crippen LogP contribution in [0.4, 0.5) is 5.69 Å². The van der Waals surface area contributed by atoms with Gasteiger partial charge in [0.1, 0.15) is 6.33 Å². The lowest BCUT2D eigenvalue weighted by Gasteiger charge is -2.06. The number of nitrogens with one attached hydrogen (secondary N) is 2. The highest BCUT2D eigenvalue weighted by Crippen LogP contribution is 2.15. The zero-order valence-electron chi connectivity index (χ0n) is 10.6. The molecule has 19 heavy (non-hydrogen) atoms. The third-order valence-electron chi connectivity index (χ3n) is 2.52. The van der Waals surface area contributed by atoms with Gasteiger partial charge in [0, 0.05) is 5.69 Å². The van der Waals surface area contributed by atoms with Crippen LogP contribution in [-0.4, -0.2) is 26.8 Å². The summed E-state index contributed by atoms with van der Waals surface area (Å²) in [5, 5.41) is 9.91. The Morgan fingerprint density at radius 2 is 2.16 bits per heavy atom. The number of anilines is 1. The lowest BCUT2D eigenvalue weighted by molar-refractivity contribution is -0.113. The van der Waals surface area contributed by atoms with Gasteiger partial charge >= 0.3 is 0 Å². The lowest BCUT2D eigenvalue weighted by Crippen LogP contribution is -2.14. The van der Waals surface area contributed by atoms with E-state index in [1.54, 1.807) is 0 Å². The number of carbonyl (C=O) groups excluding carboxylic acids is 1. The summed E-state index contributed by atoms with van der Waals surface area (Å²) < 4.78 is 0. The van der Waals surface area contributed by atoms with Crippen LogP contribution >= 0.6 is 24.2 Å². The molecule has 0 aliphatic rings. The molecule has 2 rings (SSSR count). The van der Waals surface area contributed by atoms with Gasteiger partial charge in [0.25, 0.3) is 0 Å². The zero-order chi connectivity index (χ0) is 13.0. The maximum atomic E-state index is 11.7. The van der Waals surface area contributed by atoms with Gasteiger partial charge in [0.15, 0.2) is 5.16 Å². The van der Waals surface area contributed by atoms with Crippen molar-refractivity contribution < 1.29 is 4.79 Å². The number of nitrogens with zero attached hydrogens (tertiary/aromatic N) is 2. The predicted octanol–water partition coefficient (Wildman–Crippen LogP) is 2.57. The summed E-state index contributed by atoms with van der Waals surface area (Å²) in [6, 6.07) is 5.86. The number of halogens is 1. The molecule has 0 bridgehead atoms. The van der Waals surface area contributed by atoms with Crippen LogP contribution < -0.4 is 5.32 Å². The van der Waals surface area contributed by atoms with Gasteiger partial charge in [-0.05, 0) is 37.1 Å². The van der Waals surface area contributed by atoms with E-state index in [0.717, 1.165) is 11.3 Å². The number of thioether (sulfide) groups is 1. The van der Waals surface area contributed by atoms with Crippen molar-refractivity contribution in [1.29, 1.82) is 0 Å². The van der Waals surface area contributed by atoms with Gasteiger partial charge in [0.05, 0.1) is 5.75 Å². The second-order valence-electron chi connectivity index (χ2n) is 3.93. The van der Waals surface area contributed by atoms with E-state index in [9.17, 15) is 4.79 Å². The zero-order valence-corrected chi connectivity index (χ0v) is 12.3. The Hall–Kier alpha value is -1.53. The Kier molecular flexibility index (Phi) is 5.85. The van der Waals surface area contributed by atoms with E-state index in [4.69, 9.17) is 0 Å². The van der Waals surface area contributed by atoms with Crippen molar-refractivity contribution >= 4 is 35.8 Å². The van der Waals surface area contributed by atoms with Gasteiger partial charge in [-0.2, -0.15) is 5.10 Å². The van der Waals surface area contributed by atoms with Crippen LogP contribution in [0.3, 0.4) is 0 Å². The first-order chi connectivity index (χ1) is 8.65. The summed E-state index contributed by atoms with van der Waals surface area (Å²) in [6.45, 7) is 4.06. The highest BCUT2D eigenvalue weighted by molar-refractivity contribution is 7.99. The molecular weight excluding hydrogens is 284 g/mol. The topological polar surface area (TPSA) is 70.7 Å². The van der Waals surface area contributed by atoms with Gasteiger partial charge in [-0.15, -0.1) is 12.4 Å². The van der Waals surface area contributed by atoms with Crippen molar-refractivity contribution in [2.24, 2.45) is 0 Å². The fourth-order valence-electron chi connectivity index (χ4n) is 1.41. The minimum absolute atomic E-state index is 0. The standard InChI is InChI=1S/C12H14N4OS.ClH/c1-8-3-4-10(5-9(8)2)15-11(17)6-18-12-13-7-14-16-12;/h3-5,7H,6H2,1-2H3,(H,15,17)(H,13,14,16);1H. The molecule has 0 spiro atoms. The summed E-state index contributed by atoms with van der Waals surface area (Å²) >= 11 is 1.32. The summed E-state index contributed by atoms with van der Waals surface area (Å²) in [6.07, 6.45) is 1.42. The SMILES string of the molecule is Cc1ccc(NC(=O)CSc2ncn[nH]2)cc1C.Cl. The summed E-state index contributed by atoms with van der Waals surface area (Å²) in [5.74, 6) is 0.252. The van der Waals surface area contributed by atoms with Crippen molar-refractivity contribution in [1.82, 2.24) is 15.2 Å². The number of hydrogen-bond acceptors (Lipinski definition) is 4. The number of rotatable bonds is 4. The summed E-state index contributed by atoms with van der Waals surface area (Å²) in [4.78, 5) is 15.6. The van der Waals surface area contributed by atoms with Crippen LogP contribution in [0.15, 0.2) is 29.7 Å². The second-order valence-corrected chi connectivity index (χ2v) is 4.89. The first-order valence-corrected chi connectivity index (χ1v) is 6.49. The molecule has 1 amide bonds. The molecule has 7 heteroatoms. The van der Waals surface area contributed by atoms with Crippen molar-refractivity contribution in [2.45, 2.75) is 19.0 Å². The number of amides is 1. The molecule has 0 aliphatic heterocycles. The van der Waals surface area contributed by atoms with Crippen molar-refractivity contribution in [3.63, 3.8) is 0 Å². The molecule has 0 saturated carbocycles. The van der Waals surface area contributed by atoms with E-state index in [0.29, 0.717) is 10.9 Å². The van der Waals surface area contributed by atoms with Crippen LogP contribution in [0.5, 0.6) is 0 Å². The average Bonchev–Trinajstić information content (AvgIpc) is 2.84. The number of hydrogen-bond donors (Lipinski definition) is 2. The van der Waals surface area contributed by atoms with E-state index >= 15 is 0 Å². The molecule has 2 N–H and O–H groups in total. The predicted molar refractivity (Wildman–Crippen MR) is 78.9 cm³/mol. The number of aromatic nitrogens is 3. The van der Waals surface area contributed by atoms with Crippen LogP contribution in [-0.2, 0) is 4.79 Å². The van der Waals surface area contributed by atoms with E-state index < -0.39 is 0 Å². The molecule has 0 fully saturated rings. The first kappa shape index (κ1) is 15.5. The normalized spacial score (nSPS) is 9.79. The van der Waals surface area contributed by atoms with Gasteiger partial charge in [0.2, 0.25) is 5.91 Å². The van der Waals surface area contributed by atoms with Crippen LogP contribution in [0.2, 0.25) is 0 Å². The van der Waals surface area contributed by atoms with Crippen LogP contribution in [0, 0.1) is 13.8 Å². The molecule has 102 valence electrons. The molecule has 1 heterocycles. The molecular formula is C12H15ClN4OS. The molecule has 0 aliphatic carbocycles. The largest absolute Gasteiger partial charge is 0.325 e. The number of benzene rings is 1. The van der Waals surface area contributed by atoms with Crippen molar-refractivity contribution in [2.75, 3.05) is 11.1 Å². The van der Waals surface area contributed by atoms with Gasteiger partial charge in [-0.25, -0.2) is 4.98 Å². The number of aryl methyl sites for hydroxylation is 2. The molecule has 0 unspecified atom stereocenters. The highest BCUT2D eigenvalue weighted by atomic mass is 35.5. The average molecular weight is 299 g/mol. The number of aromatic amines is 1. The Labute approximate surface area is 122 Å². The maximum Gasteiger partial charge on any atom is 0.234 e. The third kappa shape index (κ3) is 4.57. The monoisotopic (exact) mass is 298 g/mol. The smallest absolute Gasteiger partial charge is 0.234 e. The Bertz CT molecular complexity index is 545. The highest BCUT2D eigenvalue weighted by Gasteiger charge is 2.05. The van der Waals surface area contributed by atoms with Gasteiger partial charge in [-0.1, -0.05) is 17.8 Å². The first-order valence-electron chi connectivity index (χ1n) is 5.50. The summed E-state index contributed by atoms with van der Waals surface area (Å²) in [7, 11) is 0. The lowest BCUT2D eigenvalue weighted by atomic mass is 10.1. The fraction of sp³-hybridized carbons (Fsp3) is 0.250. The van der Waals surface area contributed by atoms with E-state index in [1.165, 1.54) is 23.7 Å². The van der Waals surface area contributed by atoms with Gasteiger partial charge in [-0.3, -0.25) is 9.89 Å². The van der Waals surface area contributed by atoms with Crippen molar-refractivity contribution in [3.8, 4) is 0 Å². The molecule has 1 aromatic heterocycles. The van der Waals surface area contributed by atoms with E-state index in [1.807, 2.05) is 32.0 Å². The molecule has 0 radical (unpaired) electrons. The third-order valence-corrected chi connectivity index (χ3v) is 3.40. The molecule has 0 atom stereocenters. The van der Waals surface area contributed by atoms with Crippen LogP contribution in [0.25, 0.3) is 0 Å². The minimum Gasteiger partial charge on any atom is -0.325 e. The number of carbonyl (C=O) groups is 1. The van der Waals surface area contributed by atoms with Crippen LogP contribution in [0.1, 0.15) is 11.1 Å². The molecule has 1 aromatic carbocycles. The van der Waals surface area contributed by atoms with E-state index in [-0.39, 0.29) is 18.3 Å². The van der Waals surface area contributed by atoms with Gasteiger partial charge < -0.3 is 5.32 Å². The van der Waals surface area contributed by atoms with Crippen molar-refractivity contribution in [3.05, 3.63) is 35.7 Å². The number of H-pyrrole nitrogens is 1. The molecule has 2 aromatic rings. The van der Waals surface area contributed by atoms with E-state index in [2.05, 4.69) is 20.5 Å².